The first-order chi connectivity index (χ1) is 6.95. The van der Waals surface area contributed by atoms with Crippen LogP contribution in [-0.2, 0) is 22.2 Å². The average molecular weight is 250 g/mol. The Morgan fingerprint density at radius 1 is 1.00 bits per heavy atom. The van der Waals surface area contributed by atoms with Gasteiger partial charge in [0.2, 0.25) is 0 Å². The Hall–Kier alpha value is -0.800. The fourth-order valence-corrected chi connectivity index (χ4v) is 1.94. The second-order valence-electron chi connectivity index (χ2n) is 2.86. The summed E-state index contributed by atoms with van der Waals surface area (Å²) >= 11 is -4.14. The van der Waals surface area contributed by atoms with E-state index in [1.54, 1.807) is 12.1 Å². The normalized spacial score (nSPS) is 14.9. The largest absolute Gasteiger partial charge is 0.306 e. The quantitative estimate of drug-likeness (QED) is 0.651. The molecule has 0 amide bonds. The average Bonchev–Trinajstić information content (AvgIpc) is 2.19. The third-order valence-electron chi connectivity index (χ3n) is 1.83. The molecule has 8 heteroatoms. The molecule has 0 saturated carbocycles. The van der Waals surface area contributed by atoms with E-state index in [1.165, 1.54) is 0 Å². The zero-order chi connectivity index (χ0) is 11.9. The van der Waals surface area contributed by atoms with Crippen molar-refractivity contribution in [1.29, 1.82) is 10.5 Å². The van der Waals surface area contributed by atoms with Crippen LogP contribution in [-0.4, -0.2) is 29.0 Å². The fourth-order valence-electron chi connectivity index (χ4n) is 0.897. The minimum atomic E-state index is -2.07. The molecule has 0 radical (unpaired) electrons. The van der Waals surface area contributed by atoms with E-state index in [0.29, 0.717) is 0 Å². The molecule has 0 aromatic rings. The Balaban J connectivity index is 4.47. The Bertz CT molecular complexity index is 310. The highest BCUT2D eigenvalue weighted by Gasteiger charge is 2.30. The summed E-state index contributed by atoms with van der Waals surface area (Å²) in [5, 5.41) is 17.5. The molecule has 0 spiro atoms. The van der Waals surface area contributed by atoms with Crippen LogP contribution in [0.3, 0.4) is 0 Å². The van der Waals surface area contributed by atoms with E-state index < -0.39 is 27.6 Å². The third kappa shape index (κ3) is 5.60. The van der Waals surface area contributed by atoms with Crippen LogP contribution in [0.1, 0.15) is 12.8 Å². The Morgan fingerprint density at radius 3 is 1.53 bits per heavy atom. The summed E-state index contributed by atoms with van der Waals surface area (Å²) in [6.07, 6.45) is -0.166. The second-order valence-corrected chi connectivity index (χ2v) is 4.96. The van der Waals surface area contributed by atoms with Crippen LogP contribution >= 0.6 is 0 Å². The Morgan fingerprint density at radius 2 is 1.33 bits per heavy atom. The first kappa shape index (κ1) is 14.2. The summed E-state index contributed by atoms with van der Waals surface area (Å²) in [6.45, 7) is 0. The zero-order valence-corrected chi connectivity index (χ0v) is 9.38. The van der Waals surface area contributed by atoms with E-state index in [9.17, 15) is 8.42 Å². The van der Waals surface area contributed by atoms with Gasteiger partial charge in [0, 0.05) is 0 Å². The van der Waals surface area contributed by atoms with Crippen LogP contribution in [0.4, 0.5) is 0 Å². The van der Waals surface area contributed by atoms with Crippen LogP contribution in [0.5, 0.6) is 0 Å². The topological polar surface area (TPSA) is 122 Å². The minimum absolute atomic E-state index is 0.0830. The second kappa shape index (κ2) is 6.64. The van der Waals surface area contributed by atoms with Gasteiger partial charge >= 0.3 is 0 Å². The molecule has 0 saturated heterocycles. The number of rotatable bonds is 6. The van der Waals surface area contributed by atoms with Gasteiger partial charge in [-0.25, -0.2) is 8.42 Å². The molecular formula is C7H10N2O4S2. The summed E-state index contributed by atoms with van der Waals surface area (Å²) in [7, 11) is 0. The molecule has 0 aliphatic carbocycles. The lowest BCUT2D eigenvalue weighted by molar-refractivity contribution is 0.470. The summed E-state index contributed by atoms with van der Waals surface area (Å²) in [4.78, 5) is 0. The standard InChI is InChI=1S/C7H10N2O4S2/c8-5-7(6-9,1-3-14(10)11)2-4-15(12)13/h1-4H2,(H,10,11)(H,12,13). The van der Waals surface area contributed by atoms with Crippen molar-refractivity contribution in [1.82, 2.24) is 0 Å². The third-order valence-corrected chi connectivity index (χ3v) is 2.94. The van der Waals surface area contributed by atoms with Crippen molar-refractivity contribution < 1.29 is 17.5 Å². The van der Waals surface area contributed by atoms with Gasteiger partial charge in [-0.3, -0.25) is 0 Å². The van der Waals surface area contributed by atoms with Gasteiger partial charge in [0.15, 0.2) is 22.2 Å². The molecule has 2 unspecified atom stereocenters. The van der Waals surface area contributed by atoms with E-state index in [2.05, 4.69) is 0 Å². The molecule has 0 aliphatic rings. The zero-order valence-electron chi connectivity index (χ0n) is 7.75. The molecule has 0 bridgehead atoms. The predicted octanol–water partition coefficient (Wildman–Crippen LogP) is 0.244. The number of hydrogen-bond donors (Lipinski definition) is 2. The highest BCUT2D eigenvalue weighted by Crippen LogP contribution is 2.25. The summed E-state index contributed by atoms with van der Waals surface area (Å²) in [5.41, 5.74) is -1.45. The van der Waals surface area contributed by atoms with E-state index in [4.69, 9.17) is 19.6 Å². The van der Waals surface area contributed by atoms with Crippen LogP contribution < -0.4 is 0 Å². The highest BCUT2D eigenvalue weighted by molar-refractivity contribution is 7.79. The van der Waals surface area contributed by atoms with Gasteiger partial charge in [-0.2, -0.15) is 10.5 Å². The van der Waals surface area contributed by atoms with Gasteiger partial charge in [-0.05, 0) is 12.8 Å². The van der Waals surface area contributed by atoms with Crippen LogP contribution in [0, 0.1) is 28.1 Å². The minimum Gasteiger partial charge on any atom is -0.306 e. The molecule has 0 aliphatic heterocycles. The van der Waals surface area contributed by atoms with Crippen LogP contribution in [0.15, 0.2) is 0 Å². The number of nitriles is 2. The van der Waals surface area contributed by atoms with E-state index in [-0.39, 0.29) is 24.3 Å². The van der Waals surface area contributed by atoms with Gasteiger partial charge < -0.3 is 9.11 Å². The molecule has 2 N–H and O–H groups in total. The van der Waals surface area contributed by atoms with Crippen molar-refractivity contribution >= 4 is 22.2 Å². The molecule has 84 valence electrons. The summed E-state index contributed by atoms with van der Waals surface area (Å²) < 4.78 is 37.9. The van der Waals surface area contributed by atoms with Gasteiger partial charge in [0.05, 0.1) is 23.6 Å². The van der Waals surface area contributed by atoms with E-state index >= 15 is 0 Å². The van der Waals surface area contributed by atoms with Crippen molar-refractivity contribution in [2.24, 2.45) is 5.41 Å². The van der Waals surface area contributed by atoms with Gasteiger partial charge in [-0.1, -0.05) is 0 Å². The fraction of sp³-hybridized carbons (Fsp3) is 0.714. The smallest absolute Gasteiger partial charge is 0.152 e. The predicted molar refractivity (Wildman–Crippen MR) is 54.2 cm³/mol. The first-order valence-corrected chi connectivity index (χ1v) is 6.48. The van der Waals surface area contributed by atoms with E-state index in [0.717, 1.165) is 0 Å². The lowest BCUT2D eigenvalue weighted by Gasteiger charge is -2.15. The Kier molecular flexibility index (Phi) is 6.29. The lowest BCUT2D eigenvalue weighted by Crippen LogP contribution is -2.22. The first-order valence-electron chi connectivity index (χ1n) is 3.93. The maximum atomic E-state index is 10.4. The van der Waals surface area contributed by atoms with Crippen molar-refractivity contribution in [2.75, 3.05) is 11.5 Å². The molecule has 2 atom stereocenters. The molecular weight excluding hydrogens is 240 g/mol. The van der Waals surface area contributed by atoms with E-state index in [1.807, 2.05) is 0 Å². The molecule has 15 heavy (non-hydrogen) atoms. The number of nitrogens with zero attached hydrogens (tertiary/aromatic N) is 2. The monoisotopic (exact) mass is 250 g/mol. The van der Waals surface area contributed by atoms with Crippen molar-refractivity contribution in [2.45, 2.75) is 12.8 Å². The summed E-state index contributed by atoms with van der Waals surface area (Å²) in [6, 6.07) is 3.45. The molecule has 6 nitrogen and oxygen atoms in total. The molecule has 0 fully saturated rings. The SMILES string of the molecule is N#CC(C#N)(CCS(=O)O)CCS(=O)O. The lowest BCUT2D eigenvalue weighted by atomic mass is 9.86. The molecule has 0 aromatic heterocycles. The van der Waals surface area contributed by atoms with Gasteiger partial charge in [-0.15, -0.1) is 0 Å². The highest BCUT2D eigenvalue weighted by atomic mass is 32.2. The molecule has 0 aromatic carbocycles. The van der Waals surface area contributed by atoms with Crippen LogP contribution in [0.25, 0.3) is 0 Å². The maximum absolute atomic E-state index is 10.4. The molecule has 0 heterocycles. The van der Waals surface area contributed by atoms with Crippen molar-refractivity contribution in [3.8, 4) is 12.1 Å². The maximum Gasteiger partial charge on any atom is 0.152 e. The van der Waals surface area contributed by atoms with Crippen molar-refractivity contribution in [3.63, 3.8) is 0 Å². The van der Waals surface area contributed by atoms with Crippen molar-refractivity contribution in [3.05, 3.63) is 0 Å². The van der Waals surface area contributed by atoms with Gasteiger partial charge in [0.1, 0.15) is 5.41 Å². The summed E-state index contributed by atoms with van der Waals surface area (Å²) in [5.74, 6) is -0.391. The van der Waals surface area contributed by atoms with Gasteiger partial charge in [0.25, 0.3) is 0 Å². The Labute approximate surface area is 92.5 Å². The van der Waals surface area contributed by atoms with Crippen LogP contribution in [0.2, 0.25) is 0 Å². The number of hydrogen-bond acceptors (Lipinski definition) is 4. The molecule has 0 rings (SSSR count).